The highest BCUT2D eigenvalue weighted by Gasteiger charge is 2.22. The van der Waals surface area contributed by atoms with Crippen LogP contribution in [-0.4, -0.2) is 13.4 Å². The molecule has 0 aliphatic carbocycles. The van der Waals surface area contributed by atoms with Gasteiger partial charge in [0, 0.05) is 23.2 Å². The maximum Gasteiger partial charge on any atom is 0.264 e. The molecule has 0 radical (unpaired) electrons. The molecule has 138 valence electrons. The van der Waals surface area contributed by atoms with Crippen molar-refractivity contribution in [3.63, 3.8) is 0 Å². The van der Waals surface area contributed by atoms with Gasteiger partial charge in [0.25, 0.3) is 10.0 Å². The molecule has 0 saturated carbocycles. The number of hydrogen-bond donors (Lipinski definition) is 2. The standard InChI is InChI=1S/C18H11ClF2N2O2S2/c19-13-6-15(21)17(7-14(13)20)23-27(24,25)18-8-22-16-5-10(1-2-12(16)18)11-3-4-26-9-11/h1-9,22-23H. The maximum atomic E-state index is 13.9. The first-order valence-electron chi connectivity index (χ1n) is 7.66. The van der Waals surface area contributed by atoms with Crippen molar-refractivity contribution in [3.8, 4) is 11.1 Å². The van der Waals surface area contributed by atoms with Gasteiger partial charge in [0.2, 0.25) is 0 Å². The average molecular weight is 425 g/mol. The highest BCUT2D eigenvalue weighted by molar-refractivity contribution is 7.93. The number of fused-ring (bicyclic) bond motifs is 1. The van der Waals surface area contributed by atoms with Crippen molar-refractivity contribution >= 4 is 49.6 Å². The topological polar surface area (TPSA) is 62.0 Å². The highest BCUT2D eigenvalue weighted by Crippen LogP contribution is 2.31. The summed E-state index contributed by atoms with van der Waals surface area (Å²) < 4.78 is 55.0. The lowest BCUT2D eigenvalue weighted by Crippen LogP contribution is -2.14. The van der Waals surface area contributed by atoms with Crippen LogP contribution in [-0.2, 0) is 10.0 Å². The molecule has 9 heteroatoms. The molecule has 0 aliphatic rings. The number of sulfonamides is 1. The number of aromatic nitrogens is 1. The van der Waals surface area contributed by atoms with E-state index in [-0.39, 0.29) is 4.90 Å². The molecular formula is C18H11ClF2N2O2S2. The molecule has 2 N–H and O–H groups in total. The summed E-state index contributed by atoms with van der Waals surface area (Å²) in [4.78, 5) is 2.85. The number of halogens is 3. The third kappa shape index (κ3) is 3.31. The van der Waals surface area contributed by atoms with Gasteiger partial charge in [-0.3, -0.25) is 4.72 Å². The minimum atomic E-state index is -4.14. The van der Waals surface area contributed by atoms with Gasteiger partial charge in [0.05, 0.1) is 10.7 Å². The van der Waals surface area contributed by atoms with Gasteiger partial charge in [0.15, 0.2) is 0 Å². The summed E-state index contributed by atoms with van der Waals surface area (Å²) in [6, 6.07) is 8.70. The second kappa shape index (κ2) is 6.63. The smallest absolute Gasteiger partial charge is 0.264 e. The summed E-state index contributed by atoms with van der Waals surface area (Å²) in [6.45, 7) is 0. The molecule has 0 saturated heterocycles. The predicted molar refractivity (Wildman–Crippen MR) is 104 cm³/mol. The summed E-state index contributed by atoms with van der Waals surface area (Å²) in [5, 5.41) is 3.95. The predicted octanol–water partition coefficient (Wildman–Crippen LogP) is 5.63. The van der Waals surface area contributed by atoms with Gasteiger partial charge in [-0.05, 0) is 40.1 Å². The zero-order chi connectivity index (χ0) is 19.2. The van der Waals surface area contributed by atoms with Crippen molar-refractivity contribution in [3.05, 3.63) is 70.0 Å². The van der Waals surface area contributed by atoms with Gasteiger partial charge >= 0.3 is 0 Å². The first kappa shape index (κ1) is 18.0. The molecule has 0 amide bonds. The lowest BCUT2D eigenvalue weighted by molar-refractivity contribution is 0.595. The van der Waals surface area contributed by atoms with Crippen LogP contribution >= 0.6 is 22.9 Å². The van der Waals surface area contributed by atoms with Crippen LogP contribution in [0.25, 0.3) is 22.0 Å². The Hall–Kier alpha value is -2.42. The second-order valence-corrected chi connectivity index (χ2v) is 8.62. The zero-order valence-electron chi connectivity index (χ0n) is 13.5. The molecule has 2 aromatic heterocycles. The number of benzene rings is 2. The fourth-order valence-corrected chi connectivity index (χ4v) is 4.78. The van der Waals surface area contributed by atoms with Gasteiger partial charge in [-0.15, -0.1) is 0 Å². The van der Waals surface area contributed by atoms with Crippen LogP contribution in [0.2, 0.25) is 5.02 Å². The molecule has 0 aliphatic heterocycles. The Kier molecular flexibility index (Phi) is 4.41. The Labute approximate surface area is 162 Å². The number of thiophene rings is 1. The molecule has 4 aromatic rings. The van der Waals surface area contributed by atoms with Gasteiger partial charge in [-0.25, -0.2) is 17.2 Å². The number of rotatable bonds is 4. The van der Waals surface area contributed by atoms with Crippen molar-refractivity contribution in [2.24, 2.45) is 0 Å². The third-order valence-corrected chi connectivity index (χ3v) is 6.42. The highest BCUT2D eigenvalue weighted by atomic mass is 35.5. The molecule has 0 spiro atoms. The number of anilines is 1. The van der Waals surface area contributed by atoms with Crippen LogP contribution in [0.15, 0.2) is 58.3 Å². The number of nitrogens with one attached hydrogen (secondary N) is 2. The van der Waals surface area contributed by atoms with Gasteiger partial charge < -0.3 is 4.98 Å². The molecule has 4 nitrogen and oxygen atoms in total. The number of H-pyrrole nitrogens is 1. The first-order valence-corrected chi connectivity index (χ1v) is 10.5. The van der Waals surface area contributed by atoms with Gasteiger partial charge in [0.1, 0.15) is 16.5 Å². The van der Waals surface area contributed by atoms with E-state index in [2.05, 4.69) is 9.71 Å². The second-order valence-electron chi connectivity index (χ2n) is 5.78. The summed E-state index contributed by atoms with van der Waals surface area (Å²) in [7, 11) is -4.14. The summed E-state index contributed by atoms with van der Waals surface area (Å²) in [5.74, 6) is -1.89. The lowest BCUT2D eigenvalue weighted by Gasteiger charge is -2.09. The van der Waals surface area contributed by atoms with Crippen molar-refractivity contribution in [2.75, 3.05) is 4.72 Å². The summed E-state index contributed by atoms with van der Waals surface area (Å²) >= 11 is 7.06. The van der Waals surface area contributed by atoms with Crippen molar-refractivity contribution in [1.29, 1.82) is 0 Å². The summed E-state index contributed by atoms with van der Waals surface area (Å²) in [6.07, 6.45) is 1.31. The van der Waals surface area contributed by atoms with Crippen LogP contribution in [0.3, 0.4) is 0 Å². The molecular weight excluding hydrogens is 414 g/mol. The first-order chi connectivity index (χ1) is 12.8. The molecule has 4 rings (SSSR count). The van der Waals surface area contributed by atoms with E-state index < -0.39 is 32.4 Å². The minimum absolute atomic E-state index is 0.0656. The van der Waals surface area contributed by atoms with Crippen LogP contribution in [0.5, 0.6) is 0 Å². The van der Waals surface area contributed by atoms with Gasteiger partial charge in [-0.1, -0.05) is 23.7 Å². The van der Waals surface area contributed by atoms with Crippen LogP contribution in [0, 0.1) is 11.6 Å². The fourth-order valence-electron chi connectivity index (χ4n) is 2.73. The average Bonchev–Trinajstić information content (AvgIpc) is 3.28. The van der Waals surface area contributed by atoms with E-state index in [0.29, 0.717) is 17.0 Å². The lowest BCUT2D eigenvalue weighted by atomic mass is 10.1. The SMILES string of the molecule is O=S(=O)(Nc1cc(F)c(Cl)cc1F)c1c[nH]c2cc(-c3ccsc3)ccc12. The Morgan fingerprint density at radius 2 is 1.85 bits per heavy atom. The van der Waals surface area contributed by atoms with Gasteiger partial charge in [-0.2, -0.15) is 11.3 Å². The van der Waals surface area contributed by atoms with E-state index in [1.54, 1.807) is 23.5 Å². The zero-order valence-corrected chi connectivity index (χ0v) is 15.9. The van der Waals surface area contributed by atoms with E-state index in [1.807, 2.05) is 22.9 Å². The largest absolute Gasteiger partial charge is 0.360 e. The summed E-state index contributed by atoms with van der Waals surface area (Å²) in [5.41, 5.74) is 2.06. The Morgan fingerprint density at radius 3 is 2.59 bits per heavy atom. The van der Waals surface area contributed by atoms with E-state index in [0.717, 1.165) is 17.2 Å². The monoisotopic (exact) mass is 424 g/mol. The Morgan fingerprint density at radius 1 is 1.04 bits per heavy atom. The quantitative estimate of drug-likeness (QED) is 0.417. The number of aromatic amines is 1. The fraction of sp³-hybridized carbons (Fsp3) is 0. The van der Waals surface area contributed by atoms with Crippen LogP contribution in [0.4, 0.5) is 14.5 Å². The van der Waals surface area contributed by atoms with Crippen molar-refractivity contribution in [1.82, 2.24) is 4.98 Å². The molecule has 2 heterocycles. The molecule has 0 bridgehead atoms. The molecule has 27 heavy (non-hydrogen) atoms. The van der Waals surface area contributed by atoms with E-state index >= 15 is 0 Å². The molecule has 0 unspecified atom stereocenters. The third-order valence-electron chi connectivity index (χ3n) is 4.04. The van der Waals surface area contributed by atoms with Crippen molar-refractivity contribution < 1.29 is 17.2 Å². The van der Waals surface area contributed by atoms with E-state index in [9.17, 15) is 17.2 Å². The molecule has 0 fully saturated rings. The number of hydrogen-bond acceptors (Lipinski definition) is 3. The Bertz CT molecular complexity index is 1250. The molecule has 2 aromatic carbocycles. The maximum absolute atomic E-state index is 13.9. The molecule has 0 atom stereocenters. The Balaban J connectivity index is 1.74. The van der Waals surface area contributed by atoms with E-state index in [4.69, 9.17) is 11.6 Å². The minimum Gasteiger partial charge on any atom is -0.360 e. The van der Waals surface area contributed by atoms with Crippen molar-refractivity contribution in [2.45, 2.75) is 4.90 Å². The normalized spacial score (nSPS) is 11.8. The van der Waals surface area contributed by atoms with Crippen LogP contribution < -0.4 is 4.72 Å². The van der Waals surface area contributed by atoms with Crippen LogP contribution in [0.1, 0.15) is 0 Å². The van der Waals surface area contributed by atoms with E-state index in [1.165, 1.54) is 6.20 Å².